The lowest BCUT2D eigenvalue weighted by atomic mass is 10.1. The number of rotatable bonds is 4. The second-order valence-corrected chi connectivity index (χ2v) is 6.42. The van der Waals surface area contributed by atoms with Crippen LogP contribution in [-0.2, 0) is 10.2 Å². The van der Waals surface area contributed by atoms with Crippen molar-refractivity contribution in [2.75, 3.05) is 19.4 Å². The van der Waals surface area contributed by atoms with Crippen molar-refractivity contribution >= 4 is 26.1 Å². The van der Waals surface area contributed by atoms with Crippen molar-refractivity contribution in [3.8, 4) is 0 Å². The lowest BCUT2D eigenvalue weighted by Crippen LogP contribution is -2.43. The van der Waals surface area contributed by atoms with E-state index >= 15 is 0 Å². The topological polar surface area (TPSA) is 49.4 Å². The molecular weight excluding hydrogens is 268 g/mol. The van der Waals surface area contributed by atoms with Crippen LogP contribution in [0.2, 0.25) is 0 Å². The fourth-order valence-electron chi connectivity index (χ4n) is 1.67. The number of hydrogen-bond acceptors (Lipinski definition) is 2. The van der Waals surface area contributed by atoms with Crippen LogP contribution in [0.1, 0.15) is 19.3 Å². The van der Waals surface area contributed by atoms with E-state index in [1.54, 1.807) is 14.1 Å². The van der Waals surface area contributed by atoms with Crippen LogP contribution in [0.15, 0.2) is 0 Å². The summed E-state index contributed by atoms with van der Waals surface area (Å²) in [4.78, 5) is 0. The molecule has 2 unspecified atom stereocenters. The van der Waals surface area contributed by atoms with Crippen LogP contribution in [0.25, 0.3) is 0 Å². The lowest BCUT2D eigenvalue weighted by Gasteiger charge is -2.21. The van der Waals surface area contributed by atoms with Crippen molar-refractivity contribution in [3.63, 3.8) is 0 Å². The number of halogens is 1. The highest BCUT2D eigenvalue weighted by Gasteiger charge is 2.30. The molecule has 0 bridgehead atoms. The van der Waals surface area contributed by atoms with E-state index in [4.69, 9.17) is 0 Å². The van der Waals surface area contributed by atoms with Crippen LogP contribution >= 0.6 is 15.9 Å². The molecule has 0 radical (unpaired) electrons. The van der Waals surface area contributed by atoms with E-state index in [0.717, 1.165) is 24.6 Å². The highest BCUT2D eigenvalue weighted by atomic mass is 79.9. The first-order chi connectivity index (χ1) is 6.47. The summed E-state index contributed by atoms with van der Waals surface area (Å²) in [5.41, 5.74) is 0. The third kappa shape index (κ3) is 2.92. The maximum absolute atomic E-state index is 11.5. The summed E-state index contributed by atoms with van der Waals surface area (Å²) in [6.07, 6.45) is 3.16. The molecule has 0 aliphatic heterocycles. The Hall–Kier alpha value is 0.350. The van der Waals surface area contributed by atoms with Gasteiger partial charge in [0.1, 0.15) is 0 Å². The molecule has 1 aliphatic rings. The molecule has 4 nitrogen and oxygen atoms in total. The fourth-order valence-corrected chi connectivity index (χ4v) is 3.35. The summed E-state index contributed by atoms with van der Waals surface area (Å²) in [6, 6.07) is 0.0989. The molecule has 0 heterocycles. The first kappa shape index (κ1) is 12.4. The van der Waals surface area contributed by atoms with Gasteiger partial charge in [0.2, 0.25) is 0 Å². The van der Waals surface area contributed by atoms with Gasteiger partial charge in [0.05, 0.1) is 0 Å². The monoisotopic (exact) mass is 284 g/mol. The van der Waals surface area contributed by atoms with Crippen molar-refractivity contribution in [3.05, 3.63) is 0 Å². The molecule has 1 saturated carbocycles. The fraction of sp³-hybridized carbons (Fsp3) is 1.00. The first-order valence-corrected chi connectivity index (χ1v) is 7.29. The van der Waals surface area contributed by atoms with Crippen LogP contribution in [0.3, 0.4) is 0 Å². The molecule has 1 aliphatic carbocycles. The summed E-state index contributed by atoms with van der Waals surface area (Å²) in [5.74, 6) is 0.435. The largest absolute Gasteiger partial charge is 0.279 e. The molecule has 0 saturated heterocycles. The van der Waals surface area contributed by atoms with E-state index in [9.17, 15) is 8.42 Å². The van der Waals surface area contributed by atoms with E-state index < -0.39 is 10.2 Å². The molecule has 0 aromatic carbocycles. The molecule has 0 amide bonds. The Bertz CT molecular complexity index is 279. The third-order valence-corrected chi connectivity index (χ3v) is 5.03. The van der Waals surface area contributed by atoms with Gasteiger partial charge in [-0.15, -0.1) is 0 Å². The average molecular weight is 285 g/mol. The zero-order chi connectivity index (χ0) is 10.8. The minimum atomic E-state index is -3.26. The predicted octanol–water partition coefficient (Wildman–Crippen LogP) is 0.946. The molecule has 0 aromatic rings. The molecule has 6 heteroatoms. The Labute approximate surface area is 94.4 Å². The summed E-state index contributed by atoms with van der Waals surface area (Å²) in [5, 5.41) is 0.869. The van der Waals surface area contributed by atoms with E-state index in [0.29, 0.717) is 5.92 Å². The molecule has 0 aromatic heterocycles. The standard InChI is InChI=1S/C8H17BrN2O2S/c1-11(2)14(12,13)10-8-5-3-4-7(8)6-9/h7-8,10H,3-6H2,1-2H3. The van der Waals surface area contributed by atoms with Gasteiger partial charge in [-0.3, -0.25) is 0 Å². The molecule has 2 atom stereocenters. The summed E-state index contributed by atoms with van der Waals surface area (Å²) >= 11 is 3.41. The van der Waals surface area contributed by atoms with Crippen LogP contribution in [0.5, 0.6) is 0 Å². The zero-order valence-corrected chi connectivity index (χ0v) is 10.9. The van der Waals surface area contributed by atoms with Gasteiger partial charge in [0.25, 0.3) is 10.2 Å². The Morgan fingerprint density at radius 3 is 2.57 bits per heavy atom. The van der Waals surface area contributed by atoms with Crippen molar-refractivity contribution in [2.45, 2.75) is 25.3 Å². The smallest absolute Gasteiger partial charge is 0.199 e. The maximum Gasteiger partial charge on any atom is 0.279 e. The summed E-state index contributed by atoms with van der Waals surface area (Å²) in [7, 11) is -0.178. The lowest BCUT2D eigenvalue weighted by molar-refractivity contribution is 0.452. The number of alkyl halides is 1. The van der Waals surface area contributed by atoms with Gasteiger partial charge in [-0.2, -0.15) is 17.4 Å². The van der Waals surface area contributed by atoms with Crippen LogP contribution in [0.4, 0.5) is 0 Å². The number of nitrogens with one attached hydrogen (secondary N) is 1. The highest BCUT2D eigenvalue weighted by molar-refractivity contribution is 9.09. The number of hydrogen-bond donors (Lipinski definition) is 1. The van der Waals surface area contributed by atoms with E-state index in [1.807, 2.05) is 0 Å². The second-order valence-electron chi connectivity index (χ2n) is 3.86. The van der Waals surface area contributed by atoms with E-state index in [-0.39, 0.29) is 6.04 Å². The van der Waals surface area contributed by atoms with E-state index in [2.05, 4.69) is 20.7 Å². The van der Waals surface area contributed by atoms with Gasteiger partial charge in [0, 0.05) is 25.5 Å². The van der Waals surface area contributed by atoms with E-state index in [1.165, 1.54) is 4.31 Å². The zero-order valence-electron chi connectivity index (χ0n) is 8.53. The van der Waals surface area contributed by atoms with Crippen molar-refractivity contribution in [1.29, 1.82) is 0 Å². The number of nitrogens with zero attached hydrogens (tertiary/aromatic N) is 1. The molecular formula is C8H17BrN2O2S. The first-order valence-electron chi connectivity index (χ1n) is 4.73. The molecule has 1 fully saturated rings. The second kappa shape index (κ2) is 4.92. The Kier molecular flexibility index (Phi) is 4.36. The Morgan fingerprint density at radius 1 is 1.43 bits per heavy atom. The summed E-state index contributed by atoms with van der Waals surface area (Å²) < 4.78 is 27.0. The normalized spacial score (nSPS) is 28.6. The van der Waals surface area contributed by atoms with Crippen molar-refractivity contribution < 1.29 is 8.42 Å². The van der Waals surface area contributed by atoms with Gasteiger partial charge in [-0.25, -0.2) is 0 Å². The third-order valence-electron chi connectivity index (χ3n) is 2.64. The van der Waals surface area contributed by atoms with Crippen LogP contribution in [0, 0.1) is 5.92 Å². The average Bonchev–Trinajstić information content (AvgIpc) is 2.50. The van der Waals surface area contributed by atoms with Gasteiger partial charge in [-0.05, 0) is 18.8 Å². The van der Waals surface area contributed by atoms with Crippen molar-refractivity contribution in [1.82, 2.24) is 9.03 Å². The highest BCUT2D eigenvalue weighted by Crippen LogP contribution is 2.27. The SMILES string of the molecule is CN(C)S(=O)(=O)NC1CCCC1CBr. The van der Waals surface area contributed by atoms with Gasteiger partial charge in [0.15, 0.2) is 0 Å². The van der Waals surface area contributed by atoms with Crippen LogP contribution in [-0.4, -0.2) is 38.2 Å². The van der Waals surface area contributed by atoms with Gasteiger partial charge < -0.3 is 0 Å². The minimum Gasteiger partial charge on any atom is -0.199 e. The van der Waals surface area contributed by atoms with Gasteiger partial charge in [-0.1, -0.05) is 22.4 Å². The van der Waals surface area contributed by atoms with Crippen LogP contribution < -0.4 is 4.72 Å². The Balaban J connectivity index is 2.60. The molecule has 1 rings (SSSR count). The summed E-state index contributed by atoms with van der Waals surface area (Å²) in [6.45, 7) is 0. The molecule has 14 heavy (non-hydrogen) atoms. The Morgan fingerprint density at radius 2 is 2.07 bits per heavy atom. The molecule has 0 spiro atoms. The predicted molar refractivity (Wildman–Crippen MR) is 60.7 cm³/mol. The molecule has 1 N–H and O–H groups in total. The van der Waals surface area contributed by atoms with Gasteiger partial charge >= 0.3 is 0 Å². The molecule has 84 valence electrons. The minimum absolute atomic E-state index is 0.0989. The van der Waals surface area contributed by atoms with Crippen molar-refractivity contribution in [2.24, 2.45) is 5.92 Å². The maximum atomic E-state index is 11.5. The quantitative estimate of drug-likeness (QED) is 0.782.